The van der Waals surface area contributed by atoms with Gasteiger partial charge < -0.3 is 5.11 Å². The lowest BCUT2D eigenvalue weighted by Gasteiger charge is -2.23. The van der Waals surface area contributed by atoms with E-state index in [1.165, 1.54) is 18.4 Å². The van der Waals surface area contributed by atoms with Gasteiger partial charge in [0.15, 0.2) is 0 Å². The standard InChI is InChI=1S/C19H26O/c1-11(2)16-9-15(10-17(12(3)4)19(16)20)18-8-13-5-6-14(18)7-13/h5-6,9-14,18,20H,7-8H2,1-4H3. The third-order valence-corrected chi connectivity index (χ3v) is 5.14. The molecule has 0 spiro atoms. The van der Waals surface area contributed by atoms with Gasteiger partial charge in [-0.25, -0.2) is 0 Å². The second-order valence-electron chi connectivity index (χ2n) is 7.24. The number of allylic oxidation sites excluding steroid dienone is 2. The predicted molar refractivity (Wildman–Crippen MR) is 84.4 cm³/mol. The Balaban J connectivity index is 2.05. The molecule has 1 saturated carbocycles. The van der Waals surface area contributed by atoms with Crippen molar-refractivity contribution in [2.75, 3.05) is 0 Å². The van der Waals surface area contributed by atoms with Gasteiger partial charge in [-0.05, 0) is 59.1 Å². The molecule has 20 heavy (non-hydrogen) atoms. The first-order chi connectivity index (χ1) is 9.47. The zero-order valence-corrected chi connectivity index (χ0v) is 13.1. The average Bonchev–Trinajstić information content (AvgIpc) is 3.00. The van der Waals surface area contributed by atoms with Crippen LogP contribution >= 0.6 is 0 Å². The van der Waals surface area contributed by atoms with Crippen molar-refractivity contribution in [1.29, 1.82) is 0 Å². The molecule has 0 aromatic heterocycles. The lowest BCUT2D eigenvalue weighted by atomic mass is 9.82. The van der Waals surface area contributed by atoms with Crippen molar-refractivity contribution < 1.29 is 5.11 Å². The lowest BCUT2D eigenvalue weighted by Crippen LogP contribution is -2.07. The molecule has 3 unspecified atom stereocenters. The molecule has 0 saturated heterocycles. The number of phenolic OH excluding ortho intramolecular Hbond substituents is 1. The van der Waals surface area contributed by atoms with Crippen molar-refractivity contribution in [3.8, 4) is 5.75 Å². The van der Waals surface area contributed by atoms with E-state index in [1.807, 2.05) is 0 Å². The Morgan fingerprint density at radius 2 is 1.55 bits per heavy atom. The molecular formula is C19H26O. The molecule has 2 bridgehead atoms. The first-order valence-corrected chi connectivity index (χ1v) is 8.02. The van der Waals surface area contributed by atoms with E-state index in [0.717, 1.165) is 23.0 Å². The molecule has 108 valence electrons. The van der Waals surface area contributed by atoms with Gasteiger partial charge in [-0.3, -0.25) is 0 Å². The number of hydrogen-bond acceptors (Lipinski definition) is 1. The fourth-order valence-electron chi connectivity index (χ4n) is 3.96. The summed E-state index contributed by atoms with van der Waals surface area (Å²) in [6, 6.07) is 4.54. The molecule has 1 aromatic carbocycles. The van der Waals surface area contributed by atoms with Crippen LogP contribution in [-0.2, 0) is 0 Å². The Morgan fingerprint density at radius 3 is 1.95 bits per heavy atom. The third-order valence-electron chi connectivity index (χ3n) is 5.14. The van der Waals surface area contributed by atoms with E-state index in [9.17, 15) is 5.11 Å². The minimum absolute atomic E-state index is 0.376. The molecular weight excluding hydrogens is 244 g/mol. The van der Waals surface area contributed by atoms with Crippen molar-refractivity contribution >= 4 is 0 Å². The van der Waals surface area contributed by atoms with E-state index in [2.05, 4.69) is 52.0 Å². The lowest BCUT2D eigenvalue weighted by molar-refractivity contribution is 0.453. The van der Waals surface area contributed by atoms with Gasteiger partial charge in [0.05, 0.1) is 0 Å². The zero-order valence-electron chi connectivity index (χ0n) is 13.1. The Kier molecular flexibility index (Phi) is 3.40. The molecule has 3 rings (SSSR count). The smallest absolute Gasteiger partial charge is 0.122 e. The number of fused-ring (bicyclic) bond motifs is 2. The monoisotopic (exact) mass is 270 g/mol. The number of rotatable bonds is 3. The molecule has 1 nitrogen and oxygen atoms in total. The summed E-state index contributed by atoms with van der Waals surface area (Å²) >= 11 is 0. The summed E-state index contributed by atoms with van der Waals surface area (Å²) in [5.41, 5.74) is 3.70. The molecule has 2 aliphatic rings. The van der Waals surface area contributed by atoms with Crippen molar-refractivity contribution in [1.82, 2.24) is 0 Å². The van der Waals surface area contributed by atoms with Crippen molar-refractivity contribution in [2.24, 2.45) is 11.8 Å². The minimum Gasteiger partial charge on any atom is -0.507 e. The molecule has 2 aliphatic carbocycles. The highest BCUT2D eigenvalue weighted by Gasteiger charge is 2.37. The SMILES string of the molecule is CC(C)c1cc(C2CC3C=CC2C3)cc(C(C)C)c1O. The molecule has 1 fully saturated rings. The summed E-state index contributed by atoms with van der Waals surface area (Å²) in [5, 5.41) is 10.5. The van der Waals surface area contributed by atoms with Crippen LogP contribution in [0.3, 0.4) is 0 Å². The molecule has 0 radical (unpaired) electrons. The zero-order chi connectivity index (χ0) is 14.4. The van der Waals surface area contributed by atoms with Gasteiger partial charge in [0, 0.05) is 0 Å². The second-order valence-corrected chi connectivity index (χ2v) is 7.24. The van der Waals surface area contributed by atoms with Gasteiger partial charge in [0.2, 0.25) is 0 Å². The van der Waals surface area contributed by atoms with Crippen LogP contribution in [0.15, 0.2) is 24.3 Å². The summed E-state index contributed by atoms with van der Waals surface area (Å²) in [6.45, 7) is 8.68. The van der Waals surface area contributed by atoms with Crippen molar-refractivity contribution in [2.45, 2.75) is 58.3 Å². The van der Waals surface area contributed by atoms with Gasteiger partial charge in [-0.2, -0.15) is 0 Å². The summed E-state index contributed by atoms with van der Waals surface area (Å²) < 4.78 is 0. The first-order valence-electron chi connectivity index (χ1n) is 8.02. The topological polar surface area (TPSA) is 20.2 Å². The predicted octanol–water partition coefficient (Wildman–Crippen LogP) is 5.32. The number of benzene rings is 1. The van der Waals surface area contributed by atoms with E-state index in [1.54, 1.807) is 0 Å². The fraction of sp³-hybridized carbons (Fsp3) is 0.579. The van der Waals surface area contributed by atoms with E-state index < -0.39 is 0 Å². The summed E-state index contributed by atoms with van der Waals surface area (Å²) in [5.74, 6) is 3.47. The van der Waals surface area contributed by atoms with Gasteiger partial charge in [0.1, 0.15) is 5.75 Å². The number of aromatic hydroxyl groups is 1. The van der Waals surface area contributed by atoms with E-state index in [-0.39, 0.29) is 0 Å². The van der Waals surface area contributed by atoms with Crippen LogP contribution in [0, 0.1) is 11.8 Å². The molecule has 1 heteroatoms. The Hall–Kier alpha value is -1.24. The van der Waals surface area contributed by atoms with Gasteiger partial charge in [0.25, 0.3) is 0 Å². The largest absolute Gasteiger partial charge is 0.507 e. The Morgan fingerprint density at radius 1 is 0.950 bits per heavy atom. The van der Waals surface area contributed by atoms with Crippen LogP contribution in [0.2, 0.25) is 0 Å². The maximum absolute atomic E-state index is 10.5. The first kappa shape index (κ1) is 13.7. The maximum Gasteiger partial charge on any atom is 0.122 e. The van der Waals surface area contributed by atoms with Crippen molar-refractivity contribution in [3.63, 3.8) is 0 Å². The van der Waals surface area contributed by atoms with Gasteiger partial charge >= 0.3 is 0 Å². The number of hydrogen-bond donors (Lipinski definition) is 1. The quantitative estimate of drug-likeness (QED) is 0.737. The van der Waals surface area contributed by atoms with Crippen LogP contribution in [0.25, 0.3) is 0 Å². The van der Waals surface area contributed by atoms with E-state index >= 15 is 0 Å². The van der Waals surface area contributed by atoms with Gasteiger partial charge in [-0.15, -0.1) is 0 Å². The van der Waals surface area contributed by atoms with Crippen molar-refractivity contribution in [3.05, 3.63) is 41.0 Å². The van der Waals surface area contributed by atoms with Crippen LogP contribution in [-0.4, -0.2) is 5.11 Å². The molecule has 0 aliphatic heterocycles. The van der Waals surface area contributed by atoms with E-state index in [4.69, 9.17) is 0 Å². The average molecular weight is 270 g/mol. The highest BCUT2D eigenvalue weighted by Crippen LogP contribution is 2.50. The normalized spacial score (nSPS) is 28.0. The minimum atomic E-state index is 0.376. The maximum atomic E-state index is 10.5. The molecule has 1 N–H and O–H groups in total. The Bertz CT molecular complexity index is 510. The molecule has 1 aromatic rings. The highest BCUT2D eigenvalue weighted by atomic mass is 16.3. The highest BCUT2D eigenvalue weighted by molar-refractivity contribution is 5.48. The Labute approximate surface area is 122 Å². The number of phenols is 1. The summed E-state index contributed by atoms with van der Waals surface area (Å²) in [4.78, 5) is 0. The van der Waals surface area contributed by atoms with Gasteiger partial charge in [-0.1, -0.05) is 52.0 Å². The fourth-order valence-corrected chi connectivity index (χ4v) is 3.96. The molecule has 3 atom stereocenters. The van der Waals surface area contributed by atoms with Crippen LogP contribution in [0.5, 0.6) is 5.75 Å². The summed E-state index contributed by atoms with van der Waals surface area (Å²) in [6.07, 6.45) is 7.44. The van der Waals surface area contributed by atoms with Crippen LogP contribution in [0.1, 0.15) is 75.0 Å². The third kappa shape index (κ3) is 2.17. The molecule has 0 amide bonds. The van der Waals surface area contributed by atoms with Crippen LogP contribution in [0.4, 0.5) is 0 Å². The molecule has 0 heterocycles. The summed E-state index contributed by atoms with van der Waals surface area (Å²) in [7, 11) is 0. The van der Waals surface area contributed by atoms with Crippen LogP contribution < -0.4 is 0 Å². The second kappa shape index (κ2) is 4.95. The van der Waals surface area contributed by atoms with E-state index in [0.29, 0.717) is 23.5 Å².